The molecule has 0 spiro atoms. The number of esters is 3. The van der Waals surface area contributed by atoms with Crippen molar-refractivity contribution in [3.8, 4) is 0 Å². The van der Waals surface area contributed by atoms with E-state index in [1.165, 1.54) is 0 Å². The van der Waals surface area contributed by atoms with Crippen LogP contribution in [-0.4, -0.2) is 84.9 Å². The molecule has 1 saturated heterocycles. The van der Waals surface area contributed by atoms with Crippen molar-refractivity contribution < 1.29 is 56.2 Å². The van der Waals surface area contributed by atoms with Crippen LogP contribution in [-0.2, 0) is 48.2 Å². The van der Waals surface area contributed by atoms with Gasteiger partial charge in [0.25, 0.3) is 16.0 Å². The van der Waals surface area contributed by atoms with Crippen LogP contribution in [0.5, 0.6) is 0 Å². The third-order valence-corrected chi connectivity index (χ3v) is 4.36. The molecule has 5 atom stereocenters. The highest BCUT2D eigenvalue weighted by molar-refractivity contribution is 7.85. The largest absolute Gasteiger partial charge is 0.455 e. The van der Waals surface area contributed by atoms with Gasteiger partial charge in [0.15, 0.2) is 30.7 Å². The van der Waals surface area contributed by atoms with E-state index in [0.29, 0.717) is 0 Å². The van der Waals surface area contributed by atoms with Gasteiger partial charge in [0.05, 0.1) is 5.75 Å². The van der Waals surface area contributed by atoms with Gasteiger partial charge < -0.3 is 29.4 Å². The van der Waals surface area contributed by atoms with Gasteiger partial charge >= 0.3 is 17.9 Å². The Labute approximate surface area is 166 Å². The first-order valence-electron chi connectivity index (χ1n) is 8.40. The van der Waals surface area contributed by atoms with Crippen LogP contribution in [0.25, 0.3) is 0 Å². The molecule has 1 unspecified atom stereocenters. The lowest BCUT2D eigenvalue weighted by Gasteiger charge is -2.42. The van der Waals surface area contributed by atoms with Gasteiger partial charge in [0.2, 0.25) is 0 Å². The van der Waals surface area contributed by atoms with E-state index in [1.54, 1.807) is 0 Å². The second kappa shape index (κ2) is 10.5. The predicted molar refractivity (Wildman–Crippen MR) is 91.6 cm³/mol. The van der Waals surface area contributed by atoms with Crippen molar-refractivity contribution in [2.75, 3.05) is 12.3 Å². The van der Waals surface area contributed by atoms with E-state index >= 15 is 0 Å². The maximum atomic E-state index is 12.4. The van der Waals surface area contributed by atoms with Gasteiger partial charge in [0, 0.05) is 27.3 Å². The normalized spacial score (nSPS) is 26.9. The molecular weight excluding hydrogens is 418 g/mol. The van der Waals surface area contributed by atoms with Crippen LogP contribution in [0.1, 0.15) is 27.2 Å². The fourth-order valence-corrected chi connectivity index (χ4v) is 3.08. The summed E-state index contributed by atoms with van der Waals surface area (Å²) in [5.74, 6) is -4.14. The third kappa shape index (κ3) is 8.31. The molecule has 14 heteroatoms. The highest BCUT2D eigenvalue weighted by Gasteiger charge is 2.53. The predicted octanol–water partition coefficient (Wildman–Crippen LogP) is -2.11. The van der Waals surface area contributed by atoms with Crippen LogP contribution < -0.4 is 5.32 Å². The van der Waals surface area contributed by atoms with Crippen molar-refractivity contribution in [2.45, 2.75) is 57.9 Å². The van der Waals surface area contributed by atoms with Crippen LogP contribution >= 0.6 is 0 Å². The van der Waals surface area contributed by atoms with Gasteiger partial charge in [-0.3, -0.25) is 23.7 Å². The molecule has 1 rings (SSSR count). The fourth-order valence-electron chi connectivity index (χ4n) is 2.57. The molecule has 0 bridgehead atoms. The van der Waals surface area contributed by atoms with Crippen molar-refractivity contribution in [1.82, 2.24) is 5.32 Å². The summed E-state index contributed by atoms with van der Waals surface area (Å²) in [5, 5.41) is 12.4. The van der Waals surface area contributed by atoms with E-state index in [0.717, 1.165) is 20.8 Å². The Morgan fingerprint density at radius 2 is 1.41 bits per heavy atom. The molecule has 1 aliphatic heterocycles. The summed E-state index contributed by atoms with van der Waals surface area (Å²) in [4.78, 5) is 46.7. The number of carbonyl (C=O) groups excluding carboxylic acids is 4. The summed E-state index contributed by atoms with van der Waals surface area (Å²) in [7, 11) is -4.22. The smallest absolute Gasteiger partial charge is 0.303 e. The van der Waals surface area contributed by atoms with Gasteiger partial charge in [-0.05, 0) is 6.42 Å². The summed E-state index contributed by atoms with van der Waals surface area (Å²) in [5.41, 5.74) is 0. The van der Waals surface area contributed by atoms with Crippen molar-refractivity contribution in [3.05, 3.63) is 0 Å². The number of amides is 1. The van der Waals surface area contributed by atoms with Crippen LogP contribution in [0.15, 0.2) is 0 Å². The van der Waals surface area contributed by atoms with Crippen molar-refractivity contribution in [1.29, 1.82) is 0 Å². The third-order valence-electron chi connectivity index (χ3n) is 3.56. The van der Waals surface area contributed by atoms with Crippen molar-refractivity contribution in [2.24, 2.45) is 0 Å². The maximum absolute atomic E-state index is 12.4. The number of aliphatic hydroxyl groups is 1. The minimum Gasteiger partial charge on any atom is -0.455 e. The van der Waals surface area contributed by atoms with E-state index in [9.17, 15) is 32.7 Å². The van der Waals surface area contributed by atoms with Crippen LogP contribution in [0, 0.1) is 0 Å². The molecule has 1 aliphatic rings. The van der Waals surface area contributed by atoms with Crippen LogP contribution in [0.2, 0.25) is 0 Å². The zero-order valence-electron chi connectivity index (χ0n) is 15.9. The lowest BCUT2D eigenvalue weighted by molar-refractivity contribution is -0.286. The minimum absolute atomic E-state index is 0.137. The molecule has 1 fully saturated rings. The van der Waals surface area contributed by atoms with Gasteiger partial charge in [-0.15, -0.1) is 0 Å². The lowest BCUT2D eigenvalue weighted by Crippen LogP contribution is -2.64. The van der Waals surface area contributed by atoms with Gasteiger partial charge in [0.1, 0.15) is 0 Å². The molecule has 1 heterocycles. The Kier molecular flexibility index (Phi) is 8.94. The molecule has 0 aromatic rings. The number of ether oxygens (including phenoxy) is 4. The monoisotopic (exact) mass is 441 g/mol. The van der Waals surface area contributed by atoms with E-state index in [-0.39, 0.29) is 13.0 Å². The number of hydrogen-bond acceptors (Lipinski definition) is 11. The lowest BCUT2D eigenvalue weighted by atomic mass is 9.97. The van der Waals surface area contributed by atoms with Gasteiger partial charge in [-0.1, -0.05) is 0 Å². The quantitative estimate of drug-likeness (QED) is 0.161. The number of carbonyl (C=O) groups is 4. The van der Waals surface area contributed by atoms with Crippen LogP contribution in [0.4, 0.5) is 0 Å². The summed E-state index contributed by atoms with van der Waals surface area (Å²) in [6.07, 6.45) is -8.42. The number of aliphatic hydroxyl groups excluding tert-OH is 1. The van der Waals surface area contributed by atoms with E-state index in [2.05, 4.69) is 5.32 Å². The first-order chi connectivity index (χ1) is 13.3. The first-order valence-corrected chi connectivity index (χ1v) is 10.0. The Bertz CT molecular complexity index is 736. The Morgan fingerprint density at radius 3 is 1.90 bits per heavy atom. The van der Waals surface area contributed by atoms with E-state index < -0.39 is 70.4 Å². The SMILES string of the molecule is CC(=O)O[C@H]1[C@H](OC(C)=O)[C@@H](OC(C)=O)C(O)O[C@@H]1C(=O)NCCCS(=O)(=O)O. The second-order valence-corrected chi connectivity index (χ2v) is 7.67. The van der Waals surface area contributed by atoms with E-state index in [4.69, 9.17) is 23.5 Å². The average Bonchev–Trinajstić information content (AvgIpc) is 2.55. The summed E-state index contributed by atoms with van der Waals surface area (Å²) >= 11 is 0. The Balaban J connectivity index is 3.04. The summed E-state index contributed by atoms with van der Waals surface area (Å²) in [6, 6.07) is 0. The van der Waals surface area contributed by atoms with Crippen molar-refractivity contribution >= 4 is 33.9 Å². The molecule has 13 nitrogen and oxygen atoms in total. The zero-order chi connectivity index (χ0) is 22.4. The van der Waals surface area contributed by atoms with Crippen LogP contribution in [0.3, 0.4) is 0 Å². The molecular formula is C15H23NO12S. The standard InChI is InChI=1S/C15H23NO12S/c1-7(17)25-10-11(26-8(2)18)13(27-9(3)19)15(21)28-12(10)14(20)16-5-4-6-29(22,23)24/h10-13,15,21H,4-6H2,1-3H3,(H,16,20)(H,22,23,24)/t10-,11-,12-,13+,15?/m0/s1. The zero-order valence-corrected chi connectivity index (χ0v) is 16.7. The Hall–Kier alpha value is -2.29. The first kappa shape index (κ1) is 24.7. The highest BCUT2D eigenvalue weighted by Crippen LogP contribution is 2.28. The molecule has 0 aliphatic carbocycles. The van der Waals surface area contributed by atoms with E-state index in [1.807, 2.05) is 0 Å². The highest BCUT2D eigenvalue weighted by atomic mass is 32.2. The molecule has 29 heavy (non-hydrogen) atoms. The minimum atomic E-state index is -4.22. The van der Waals surface area contributed by atoms with Gasteiger partial charge in [-0.25, -0.2) is 0 Å². The Morgan fingerprint density at radius 1 is 0.931 bits per heavy atom. The molecule has 1 amide bonds. The molecule has 0 aromatic heterocycles. The number of hydrogen-bond donors (Lipinski definition) is 3. The fraction of sp³-hybridized carbons (Fsp3) is 0.733. The molecule has 0 radical (unpaired) electrons. The maximum Gasteiger partial charge on any atom is 0.303 e. The molecule has 166 valence electrons. The molecule has 3 N–H and O–H groups in total. The summed E-state index contributed by atoms with van der Waals surface area (Å²) in [6.45, 7) is 2.85. The number of rotatable bonds is 8. The topological polar surface area (TPSA) is 192 Å². The average molecular weight is 441 g/mol. The molecule has 0 saturated carbocycles. The molecule has 0 aromatic carbocycles. The number of nitrogens with one attached hydrogen (secondary N) is 1. The second-order valence-electron chi connectivity index (χ2n) is 6.10. The van der Waals surface area contributed by atoms with Gasteiger partial charge in [-0.2, -0.15) is 8.42 Å². The summed E-state index contributed by atoms with van der Waals surface area (Å²) < 4.78 is 50.1. The van der Waals surface area contributed by atoms with Crippen molar-refractivity contribution in [3.63, 3.8) is 0 Å².